The zero-order valence-corrected chi connectivity index (χ0v) is 12.1. The summed E-state index contributed by atoms with van der Waals surface area (Å²) in [6, 6.07) is 7.57. The molecule has 112 valence electrons. The van der Waals surface area contributed by atoms with E-state index in [1.807, 2.05) is 0 Å². The molecule has 0 saturated heterocycles. The molecule has 0 aliphatic carbocycles. The fourth-order valence-electron chi connectivity index (χ4n) is 1.51. The molecule has 0 unspecified atom stereocenters. The second-order valence-corrected chi connectivity index (χ2v) is 6.07. The first-order chi connectivity index (χ1) is 9.89. The SMILES string of the molecule is CCOC(=O)c1ccccc1NC(=O)CS(=O)(=O)CC#N. The summed E-state index contributed by atoms with van der Waals surface area (Å²) in [5.41, 5.74) is 0.290. The molecule has 0 atom stereocenters. The summed E-state index contributed by atoms with van der Waals surface area (Å²) in [6.07, 6.45) is 0. The lowest BCUT2D eigenvalue weighted by molar-refractivity contribution is -0.113. The summed E-state index contributed by atoms with van der Waals surface area (Å²) >= 11 is 0. The average Bonchev–Trinajstić information content (AvgIpc) is 2.38. The molecule has 8 heteroatoms. The van der Waals surface area contributed by atoms with Gasteiger partial charge in [-0.15, -0.1) is 0 Å². The topological polar surface area (TPSA) is 113 Å². The second kappa shape index (κ2) is 7.40. The van der Waals surface area contributed by atoms with Crippen LogP contribution < -0.4 is 5.32 Å². The van der Waals surface area contributed by atoms with E-state index in [1.54, 1.807) is 19.1 Å². The number of carbonyl (C=O) groups is 2. The Morgan fingerprint density at radius 3 is 2.62 bits per heavy atom. The number of para-hydroxylation sites is 1. The summed E-state index contributed by atoms with van der Waals surface area (Å²) in [5, 5.41) is 10.7. The molecule has 1 aromatic rings. The first-order valence-electron chi connectivity index (χ1n) is 6.03. The number of sulfone groups is 1. The molecular weight excluding hydrogens is 296 g/mol. The molecule has 0 spiro atoms. The second-order valence-electron chi connectivity index (χ2n) is 4.00. The Morgan fingerprint density at radius 2 is 2.00 bits per heavy atom. The van der Waals surface area contributed by atoms with Crippen molar-refractivity contribution in [2.45, 2.75) is 6.92 Å². The standard InChI is InChI=1S/C13H14N2O5S/c1-2-20-13(17)10-5-3-4-6-11(10)15-12(16)9-21(18,19)8-7-14/h3-6H,2,8-9H2,1H3,(H,15,16). The molecule has 0 aromatic heterocycles. The highest BCUT2D eigenvalue weighted by molar-refractivity contribution is 7.92. The van der Waals surface area contributed by atoms with Gasteiger partial charge in [-0.2, -0.15) is 5.26 Å². The van der Waals surface area contributed by atoms with Gasteiger partial charge in [-0.1, -0.05) is 12.1 Å². The summed E-state index contributed by atoms with van der Waals surface area (Å²) in [7, 11) is -3.78. The minimum atomic E-state index is -3.78. The number of hydrogen-bond donors (Lipinski definition) is 1. The molecular formula is C13H14N2O5S. The Labute approximate surface area is 122 Å². The monoisotopic (exact) mass is 310 g/mol. The Hall–Kier alpha value is -2.40. The van der Waals surface area contributed by atoms with Crippen LogP contribution in [0, 0.1) is 11.3 Å². The number of nitrogens with zero attached hydrogens (tertiary/aromatic N) is 1. The Kier molecular flexibility index (Phi) is 5.87. The van der Waals surface area contributed by atoms with Gasteiger partial charge in [0.15, 0.2) is 9.84 Å². The number of nitriles is 1. The van der Waals surface area contributed by atoms with Gasteiger partial charge in [0.1, 0.15) is 11.5 Å². The summed E-state index contributed by atoms with van der Waals surface area (Å²) in [6.45, 7) is 1.82. The van der Waals surface area contributed by atoms with E-state index in [2.05, 4.69) is 5.32 Å². The minimum Gasteiger partial charge on any atom is -0.462 e. The number of amides is 1. The first kappa shape index (κ1) is 16.7. The smallest absolute Gasteiger partial charge is 0.340 e. The number of esters is 1. The van der Waals surface area contributed by atoms with Crippen LogP contribution in [0.3, 0.4) is 0 Å². The van der Waals surface area contributed by atoms with Crippen LogP contribution in [0.5, 0.6) is 0 Å². The fourth-order valence-corrected chi connectivity index (χ4v) is 2.28. The van der Waals surface area contributed by atoms with Crippen LogP contribution in [-0.2, 0) is 19.4 Å². The third-order valence-electron chi connectivity index (χ3n) is 2.33. The van der Waals surface area contributed by atoms with Crippen molar-refractivity contribution in [2.75, 3.05) is 23.4 Å². The lowest BCUT2D eigenvalue weighted by Crippen LogP contribution is -2.25. The maximum atomic E-state index is 11.7. The van der Waals surface area contributed by atoms with Gasteiger partial charge in [-0.3, -0.25) is 4.79 Å². The van der Waals surface area contributed by atoms with Crippen LogP contribution in [0.4, 0.5) is 5.69 Å². The molecule has 1 amide bonds. The van der Waals surface area contributed by atoms with Gasteiger partial charge in [-0.25, -0.2) is 13.2 Å². The van der Waals surface area contributed by atoms with Gasteiger partial charge in [0.2, 0.25) is 5.91 Å². The van der Waals surface area contributed by atoms with Crippen molar-refractivity contribution in [3.63, 3.8) is 0 Å². The van der Waals surface area contributed by atoms with E-state index < -0.39 is 33.2 Å². The van der Waals surface area contributed by atoms with E-state index in [1.165, 1.54) is 18.2 Å². The van der Waals surface area contributed by atoms with E-state index in [9.17, 15) is 18.0 Å². The van der Waals surface area contributed by atoms with E-state index in [0.717, 1.165) is 0 Å². The van der Waals surface area contributed by atoms with Crippen molar-refractivity contribution < 1.29 is 22.7 Å². The van der Waals surface area contributed by atoms with Crippen molar-refractivity contribution in [3.8, 4) is 6.07 Å². The minimum absolute atomic E-state index is 0.130. The lowest BCUT2D eigenvalue weighted by Gasteiger charge is -2.10. The molecule has 0 radical (unpaired) electrons. The zero-order valence-electron chi connectivity index (χ0n) is 11.3. The van der Waals surface area contributed by atoms with Crippen LogP contribution in [0.1, 0.15) is 17.3 Å². The Balaban J connectivity index is 2.87. The zero-order chi connectivity index (χ0) is 15.9. The molecule has 0 aliphatic heterocycles. The highest BCUT2D eigenvalue weighted by Gasteiger charge is 2.19. The fraction of sp³-hybridized carbons (Fsp3) is 0.308. The van der Waals surface area contributed by atoms with E-state index in [4.69, 9.17) is 10.00 Å². The van der Waals surface area contributed by atoms with Crippen molar-refractivity contribution in [2.24, 2.45) is 0 Å². The molecule has 1 aromatic carbocycles. The third-order valence-corrected chi connectivity index (χ3v) is 3.60. The molecule has 0 aliphatic rings. The lowest BCUT2D eigenvalue weighted by atomic mass is 10.2. The predicted molar refractivity (Wildman–Crippen MR) is 75.3 cm³/mol. The molecule has 0 bridgehead atoms. The number of benzene rings is 1. The quantitative estimate of drug-likeness (QED) is 0.775. The summed E-state index contributed by atoms with van der Waals surface area (Å²) < 4.78 is 27.6. The Bertz CT molecular complexity index is 676. The van der Waals surface area contributed by atoms with Crippen LogP contribution in [0.25, 0.3) is 0 Å². The number of anilines is 1. The number of hydrogen-bond acceptors (Lipinski definition) is 6. The third kappa shape index (κ3) is 5.24. The van der Waals surface area contributed by atoms with Crippen molar-refractivity contribution in [3.05, 3.63) is 29.8 Å². The highest BCUT2D eigenvalue weighted by atomic mass is 32.2. The Morgan fingerprint density at radius 1 is 1.33 bits per heavy atom. The van der Waals surface area contributed by atoms with Crippen molar-refractivity contribution >= 4 is 27.4 Å². The van der Waals surface area contributed by atoms with Gasteiger partial charge in [0, 0.05) is 0 Å². The first-order valence-corrected chi connectivity index (χ1v) is 7.85. The average molecular weight is 310 g/mol. The van der Waals surface area contributed by atoms with Gasteiger partial charge in [0.25, 0.3) is 0 Å². The van der Waals surface area contributed by atoms with E-state index in [0.29, 0.717) is 0 Å². The normalized spacial score (nSPS) is 10.5. The van der Waals surface area contributed by atoms with Gasteiger partial charge < -0.3 is 10.1 Å². The molecule has 1 rings (SSSR count). The molecule has 1 N–H and O–H groups in total. The van der Waals surface area contributed by atoms with Crippen LogP contribution in [-0.4, -0.2) is 38.4 Å². The van der Waals surface area contributed by atoms with Crippen LogP contribution >= 0.6 is 0 Å². The maximum absolute atomic E-state index is 11.7. The predicted octanol–water partition coefficient (Wildman–Crippen LogP) is 0.740. The molecule has 0 saturated carbocycles. The van der Waals surface area contributed by atoms with Crippen molar-refractivity contribution in [1.29, 1.82) is 5.26 Å². The molecule has 0 fully saturated rings. The summed E-state index contributed by atoms with van der Waals surface area (Å²) in [4.78, 5) is 23.4. The summed E-state index contributed by atoms with van der Waals surface area (Å²) in [5.74, 6) is -2.99. The highest BCUT2D eigenvalue weighted by Crippen LogP contribution is 2.16. The van der Waals surface area contributed by atoms with Gasteiger partial charge in [-0.05, 0) is 19.1 Å². The number of nitrogens with one attached hydrogen (secondary N) is 1. The van der Waals surface area contributed by atoms with Crippen LogP contribution in [0.2, 0.25) is 0 Å². The van der Waals surface area contributed by atoms with Gasteiger partial charge in [0.05, 0.1) is 23.9 Å². The van der Waals surface area contributed by atoms with E-state index in [-0.39, 0.29) is 17.9 Å². The maximum Gasteiger partial charge on any atom is 0.340 e. The van der Waals surface area contributed by atoms with Gasteiger partial charge >= 0.3 is 5.97 Å². The molecule has 0 heterocycles. The largest absolute Gasteiger partial charge is 0.462 e. The molecule has 21 heavy (non-hydrogen) atoms. The number of rotatable bonds is 6. The number of ether oxygens (including phenoxy) is 1. The number of carbonyl (C=O) groups excluding carboxylic acids is 2. The van der Waals surface area contributed by atoms with E-state index >= 15 is 0 Å². The van der Waals surface area contributed by atoms with Crippen LogP contribution in [0.15, 0.2) is 24.3 Å². The molecule has 7 nitrogen and oxygen atoms in total. The van der Waals surface area contributed by atoms with Crippen molar-refractivity contribution in [1.82, 2.24) is 0 Å².